The highest BCUT2D eigenvalue weighted by atomic mass is 32.1. The molecule has 1 aromatic carbocycles. The van der Waals surface area contributed by atoms with Gasteiger partial charge in [0.1, 0.15) is 5.00 Å². The third kappa shape index (κ3) is 4.71. The van der Waals surface area contributed by atoms with Gasteiger partial charge in [-0.05, 0) is 56.2 Å². The van der Waals surface area contributed by atoms with Crippen LogP contribution in [0.4, 0.5) is 10.7 Å². The van der Waals surface area contributed by atoms with Crippen molar-refractivity contribution in [2.75, 3.05) is 10.6 Å². The van der Waals surface area contributed by atoms with E-state index in [1.807, 2.05) is 42.5 Å². The van der Waals surface area contributed by atoms with Crippen molar-refractivity contribution >= 4 is 39.8 Å². The van der Waals surface area contributed by atoms with Crippen molar-refractivity contribution in [3.05, 3.63) is 58.5 Å². The topological polar surface area (TPSA) is 95.5 Å². The first-order valence-electron chi connectivity index (χ1n) is 10.7. The summed E-state index contributed by atoms with van der Waals surface area (Å²) in [4.78, 5) is 39.1. The van der Waals surface area contributed by atoms with E-state index in [0.717, 1.165) is 42.5 Å². The van der Waals surface area contributed by atoms with Gasteiger partial charge in [-0.15, -0.1) is 11.3 Å². The first-order valence-corrected chi connectivity index (χ1v) is 11.6. The van der Waals surface area contributed by atoms with E-state index < -0.39 is 17.8 Å². The van der Waals surface area contributed by atoms with Gasteiger partial charge in [-0.25, -0.2) is 0 Å². The summed E-state index contributed by atoms with van der Waals surface area (Å²) in [5.74, 6) is -2.92. The molecule has 1 aromatic heterocycles. The number of para-hydroxylation sites is 1. The maximum atomic E-state index is 13.2. The third-order valence-corrected chi connectivity index (χ3v) is 7.21. The molecule has 2 aliphatic carbocycles. The van der Waals surface area contributed by atoms with Gasteiger partial charge in [0.05, 0.1) is 17.4 Å². The highest BCUT2D eigenvalue weighted by Gasteiger charge is 2.35. The number of rotatable bonds is 5. The zero-order chi connectivity index (χ0) is 21.8. The van der Waals surface area contributed by atoms with Crippen molar-refractivity contribution in [1.82, 2.24) is 0 Å². The number of carbonyl (C=O) groups excluding carboxylic acids is 2. The quantitative estimate of drug-likeness (QED) is 0.458. The van der Waals surface area contributed by atoms with E-state index in [9.17, 15) is 19.5 Å². The fraction of sp³-hybridized carbons (Fsp3) is 0.375. The third-order valence-electron chi connectivity index (χ3n) is 6.00. The number of allylic oxidation sites excluding steroid dienone is 2. The minimum Gasteiger partial charge on any atom is -0.481 e. The maximum Gasteiger partial charge on any atom is 0.307 e. The number of hydrogen-bond acceptors (Lipinski definition) is 4. The first kappa shape index (κ1) is 21.3. The van der Waals surface area contributed by atoms with Gasteiger partial charge < -0.3 is 15.7 Å². The van der Waals surface area contributed by atoms with Crippen LogP contribution < -0.4 is 10.6 Å². The van der Waals surface area contributed by atoms with Crippen LogP contribution in [0.2, 0.25) is 0 Å². The van der Waals surface area contributed by atoms with Crippen molar-refractivity contribution in [3.8, 4) is 0 Å². The monoisotopic (exact) mass is 438 g/mol. The number of nitrogens with one attached hydrogen (secondary N) is 2. The SMILES string of the molecule is O=C(Nc1ccccc1)c1c(NC(=O)[C@@H]2CC=CC[C@@H]2C(=O)O)sc2c1CCCCC2. The van der Waals surface area contributed by atoms with Crippen molar-refractivity contribution < 1.29 is 19.5 Å². The molecule has 2 atom stereocenters. The Kier molecular flexibility index (Phi) is 6.51. The molecule has 2 aliphatic rings. The average Bonchev–Trinajstić information content (AvgIpc) is 2.94. The van der Waals surface area contributed by atoms with Crippen LogP contribution in [0, 0.1) is 11.8 Å². The molecule has 0 spiro atoms. The Bertz CT molecular complexity index is 1010. The van der Waals surface area contributed by atoms with Crippen LogP contribution in [0.25, 0.3) is 0 Å². The molecule has 0 saturated heterocycles. The molecule has 1 heterocycles. The van der Waals surface area contributed by atoms with Crippen molar-refractivity contribution in [2.24, 2.45) is 11.8 Å². The minimum absolute atomic E-state index is 0.237. The lowest BCUT2D eigenvalue weighted by Gasteiger charge is -2.24. The maximum absolute atomic E-state index is 13.2. The van der Waals surface area contributed by atoms with E-state index in [0.29, 0.717) is 29.1 Å². The van der Waals surface area contributed by atoms with Gasteiger partial charge in [0, 0.05) is 10.6 Å². The molecule has 0 aliphatic heterocycles. The molecule has 31 heavy (non-hydrogen) atoms. The normalized spacial score (nSPS) is 20.4. The molecule has 2 aromatic rings. The summed E-state index contributed by atoms with van der Waals surface area (Å²) in [6.45, 7) is 0. The zero-order valence-electron chi connectivity index (χ0n) is 17.2. The van der Waals surface area contributed by atoms with Crippen molar-refractivity contribution in [3.63, 3.8) is 0 Å². The van der Waals surface area contributed by atoms with Crippen LogP contribution in [-0.2, 0) is 22.4 Å². The molecule has 0 saturated carbocycles. The molecule has 4 rings (SSSR count). The van der Waals surface area contributed by atoms with E-state index in [1.165, 1.54) is 11.3 Å². The summed E-state index contributed by atoms with van der Waals surface area (Å²) in [5.41, 5.74) is 2.24. The molecule has 0 bridgehead atoms. The van der Waals surface area contributed by atoms with Crippen LogP contribution in [0.15, 0.2) is 42.5 Å². The molecule has 0 radical (unpaired) electrons. The summed E-state index contributed by atoms with van der Waals surface area (Å²) in [5, 5.41) is 15.9. The second-order valence-corrected chi connectivity index (χ2v) is 9.18. The predicted octanol–water partition coefficient (Wildman–Crippen LogP) is 4.87. The number of aryl methyl sites for hydroxylation is 1. The highest BCUT2D eigenvalue weighted by molar-refractivity contribution is 7.17. The van der Waals surface area contributed by atoms with Gasteiger partial charge in [-0.2, -0.15) is 0 Å². The molecule has 0 fully saturated rings. The first-order chi connectivity index (χ1) is 15.0. The van der Waals surface area contributed by atoms with Crippen LogP contribution in [0.5, 0.6) is 0 Å². The summed E-state index contributed by atoms with van der Waals surface area (Å²) in [6, 6.07) is 9.25. The average molecular weight is 439 g/mol. The summed E-state index contributed by atoms with van der Waals surface area (Å²) < 4.78 is 0. The fourth-order valence-electron chi connectivity index (χ4n) is 4.37. The number of hydrogen-bond donors (Lipinski definition) is 3. The lowest BCUT2D eigenvalue weighted by Crippen LogP contribution is -2.35. The van der Waals surface area contributed by atoms with Gasteiger partial charge in [0.25, 0.3) is 5.91 Å². The molecule has 6 nitrogen and oxygen atoms in total. The standard InChI is InChI=1S/C24H26N2O4S/c27-21(16-11-7-8-12-17(16)24(29)30)26-23-20(18-13-5-2-6-14-19(18)31-23)22(28)25-15-9-3-1-4-10-15/h1,3-4,7-10,16-17H,2,5-6,11-14H2,(H,25,28)(H,26,27)(H,29,30)/t16-,17+/m1/s1. The Morgan fingerprint density at radius 3 is 2.35 bits per heavy atom. The van der Waals surface area contributed by atoms with E-state index in [-0.39, 0.29) is 11.8 Å². The van der Waals surface area contributed by atoms with E-state index in [4.69, 9.17) is 0 Å². The van der Waals surface area contributed by atoms with Crippen LogP contribution in [0.1, 0.15) is 52.9 Å². The van der Waals surface area contributed by atoms with Gasteiger partial charge >= 0.3 is 5.97 Å². The second kappa shape index (κ2) is 9.47. The smallest absolute Gasteiger partial charge is 0.307 e. The summed E-state index contributed by atoms with van der Waals surface area (Å²) in [7, 11) is 0. The predicted molar refractivity (Wildman–Crippen MR) is 122 cm³/mol. The molecule has 162 valence electrons. The molecule has 7 heteroatoms. The molecule has 0 unspecified atom stereocenters. The number of carbonyl (C=O) groups is 3. The number of amides is 2. The molecule has 2 amide bonds. The Hall–Kier alpha value is -2.93. The van der Waals surface area contributed by atoms with E-state index in [1.54, 1.807) is 0 Å². The lowest BCUT2D eigenvalue weighted by molar-refractivity contribution is -0.146. The number of fused-ring (bicyclic) bond motifs is 1. The Labute approximate surface area is 185 Å². The summed E-state index contributed by atoms with van der Waals surface area (Å²) >= 11 is 1.46. The van der Waals surface area contributed by atoms with Crippen molar-refractivity contribution in [1.29, 1.82) is 0 Å². The van der Waals surface area contributed by atoms with Crippen LogP contribution in [-0.4, -0.2) is 22.9 Å². The van der Waals surface area contributed by atoms with Gasteiger partial charge in [0.15, 0.2) is 0 Å². The Morgan fingerprint density at radius 2 is 1.61 bits per heavy atom. The number of anilines is 2. The van der Waals surface area contributed by atoms with E-state index >= 15 is 0 Å². The number of carboxylic acids is 1. The van der Waals surface area contributed by atoms with Crippen LogP contribution in [0.3, 0.4) is 0 Å². The number of aliphatic carboxylic acids is 1. The lowest BCUT2D eigenvalue weighted by atomic mass is 9.82. The minimum atomic E-state index is -0.964. The Morgan fingerprint density at radius 1 is 0.903 bits per heavy atom. The Balaban J connectivity index is 1.63. The molecule has 3 N–H and O–H groups in total. The number of benzene rings is 1. The van der Waals surface area contributed by atoms with Crippen LogP contribution >= 0.6 is 11.3 Å². The highest BCUT2D eigenvalue weighted by Crippen LogP contribution is 2.39. The number of thiophene rings is 1. The number of carboxylic acid groups (broad SMARTS) is 1. The van der Waals surface area contributed by atoms with E-state index in [2.05, 4.69) is 10.6 Å². The van der Waals surface area contributed by atoms with Gasteiger partial charge in [-0.1, -0.05) is 36.8 Å². The molecular formula is C24H26N2O4S. The second-order valence-electron chi connectivity index (χ2n) is 8.07. The summed E-state index contributed by atoms with van der Waals surface area (Å²) in [6.07, 6.45) is 9.30. The van der Waals surface area contributed by atoms with Gasteiger partial charge in [0.2, 0.25) is 5.91 Å². The zero-order valence-corrected chi connectivity index (χ0v) is 18.0. The largest absolute Gasteiger partial charge is 0.481 e. The van der Waals surface area contributed by atoms with Gasteiger partial charge in [-0.3, -0.25) is 14.4 Å². The fourth-order valence-corrected chi connectivity index (χ4v) is 5.66. The molecular weight excluding hydrogens is 412 g/mol. The van der Waals surface area contributed by atoms with Crippen molar-refractivity contribution in [2.45, 2.75) is 44.9 Å².